The Morgan fingerprint density at radius 1 is 0.636 bits per heavy atom. The molecule has 0 unspecified atom stereocenters. The average Bonchev–Trinajstić information content (AvgIpc) is 2.86. The van der Waals surface area contributed by atoms with Crippen LogP contribution in [0.1, 0.15) is 26.3 Å². The van der Waals surface area contributed by atoms with Crippen LogP contribution in [0.2, 0.25) is 0 Å². The van der Waals surface area contributed by atoms with E-state index < -0.39 is 5.97 Å². The summed E-state index contributed by atoms with van der Waals surface area (Å²) >= 11 is 0. The van der Waals surface area contributed by atoms with Gasteiger partial charge in [-0.15, -0.1) is 0 Å². The van der Waals surface area contributed by atoms with Crippen molar-refractivity contribution >= 4 is 17.8 Å². The number of hydrogen-bond acceptors (Lipinski definition) is 7. The van der Waals surface area contributed by atoms with Gasteiger partial charge >= 0.3 is 5.97 Å². The van der Waals surface area contributed by atoms with Crippen LogP contribution in [-0.4, -0.2) is 40.2 Å². The van der Waals surface area contributed by atoms with Gasteiger partial charge in [0.05, 0.1) is 34.0 Å². The first-order valence-electron chi connectivity index (χ1n) is 9.97. The molecule has 0 N–H and O–H groups in total. The van der Waals surface area contributed by atoms with Crippen molar-refractivity contribution in [2.75, 3.05) is 28.4 Å². The first-order chi connectivity index (χ1) is 16.0. The smallest absolute Gasteiger partial charge is 0.343 e. The van der Waals surface area contributed by atoms with Gasteiger partial charge in [0.15, 0.2) is 17.3 Å². The number of carbonyl (C=O) groups is 2. The molecule has 0 fully saturated rings. The third-order valence-electron chi connectivity index (χ3n) is 4.82. The molecule has 0 aliphatic rings. The molecule has 0 saturated heterocycles. The summed E-state index contributed by atoms with van der Waals surface area (Å²) in [7, 11) is 6.13. The highest BCUT2D eigenvalue weighted by Crippen LogP contribution is 2.28. The molecule has 33 heavy (non-hydrogen) atoms. The van der Waals surface area contributed by atoms with E-state index in [9.17, 15) is 9.59 Å². The number of esters is 1. The van der Waals surface area contributed by atoms with Crippen LogP contribution in [0.3, 0.4) is 0 Å². The van der Waals surface area contributed by atoms with Gasteiger partial charge in [0.25, 0.3) is 0 Å². The summed E-state index contributed by atoms with van der Waals surface area (Å²) in [6.07, 6.45) is 3.13. The number of hydrogen-bond donors (Lipinski definition) is 0. The van der Waals surface area contributed by atoms with Gasteiger partial charge in [-0.1, -0.05) is 0 Å². The van der Waals surface area contributed by atoms with Crippen molar-refractivity contribution in [1.29, 1.82) is 0 Å². The van der Waals surface area contributed by atoms with Crippen molar-refractivity contribution in [3.8, 4) is 28.7 Å². The number of methoxy groups -OCH3 is 4. The van der Waals surface area contributed by atoms with E-state index in [0.29, 0.717) is 39.9 Å². The molecular formula is C26H24O7. The maximum Gasteiger partial charge on any atom is 0.343 e. The quantitative estimate of drug-likeness (QED) is 0.201. The van der Waals surface area contributed by atoms with Crippen molar-refractivity contribution in [2.24, 2.45) is 0 Å². The van der Waals surface area contributed by atoms with Gasteiger partial charge < -0.3 is 23.7 Å². The highest BCUT2D eigenvalue weighted by atomic mass is 16.5. The number of benzene rings is 3. The molecule has 0 saturated carbocycles. The zero-order chi connectivity index (χ0) is 23.8. The number of allylic oxidation sites excluding steroid dienone is 1. The molecule has 0 aliphatic carbocycles. The number of ketones is 1. The van der Waals surface area contributed by atoms with Crippen LogP contribution < -0.4 is 23.7 Å². The molecule has 0 aliphatic heterocycles. The Morgan fingerprint density at radius 3 is 1.91 bits per heavy atom. The Balaban J connectivity index is 1.68. The fraction of sp³-hybridized carbons (Fsp3) is 0.154. The van der Waals surface area contributed by atoms with Gasteiger partial charge in [0.2, 0.25) is 0 Å². The SMILES string of the molecule is COc1ccc(/C=C/C(=O)c2ccc(OC(=O)c3ccc(OC)c(OC)c3)cc2)c(OC)c1. The van der Waals surface area contributed by atoms with E-state index in [-0.39, 0.29) is 5.78 Å². The molecule has 0 bridgehead atoms. The largest absolute Gasteiger partial charge is 0.497 e. The summed E-state index contributed by atoms with van der Waals surface area (Å²) in [5, 5.41) is 0. The Morgan fingerprint density at radius 2 is 1.27 bits per heavy atom. The number of rotatable bonds is 9. The Kier molecular flexibility index (Phi) is 7.70. The lowest BCUT2D eigenvalue weighted by molar-refractivity contribution is 0.0734. The van der Waals surface area contributed by atoms with Gasteiger partial charge in [0, 0.05) is 17.2 Å². The van der Waals surface area contributed by atoms with Crippen molar-refractivity contribution < 1.29 is 33.3 Å². The maximum absolute atomic E-state index is 12.5. The molecule has 3 aromatic carbocycles. The third-order valence-corrected chi connectivity index (χ3v) is 4.82. The Hall–Kier alpha value is -4.26. The standard InChI is InChI=1S/C26H24O7/c1-29-21-12-7-18(24(16-21)31-3)8-13-22(27)17-5-10-20(11-6-17)33-26(28)19-9-14-23(30-2)25(15-19)32-4/h5-16H,1-4H3/b13-8+. The predicted octanol–water partition coefficient (Wildman–Crippen LogP) is 4.84. The van der Waals surface area contributed by atoms with E-state index in [1.54, 1.807) is 74.9 Å². The van der Waals surface area contributed by atoms with Crippen LogP contribution in [0.5, 0.6) is 28.7 Å². The first kappa shape index (κ1) is 23.4. The molecule has 3 rings (SSSR count). The lowest BCUT2D eigenvalue weighted by Crippen LogP contribution is -2.09. The number of ether oxygens (including phenoxy) is 5. The van der Waals surface area contributed by atoms with Gasteiger partial charge in [0.1, 0.15) is 17.2 Å². The van der Waals surface area contributed by atoms with E-state index in [1.165, 1.54) is 26.4 Å². The Bertz CT molecular complexity index is 1160. The molecule has 0 radical (unpaired) electrons. The van der Waals surface area contributed by atoms with Gasteiger partial charge in [-0.25, -0.2) is 4.79 Å². The molecule has 0 amide bonds. The third kappa shape index (κ3) is 5.71. The monoisotopic (exact) mass is 448 g/mol. The van der Waals surface area contributed by atoms with E-state index in [4.69, 9.17) is 23.7 Å². The zero-order valence-corrected chi connectivity index (χ0v) is 18.8. The van der Waals surface area contributed by atoms with Gasteiger partial charge in [-0.05, 0) is 66.7 Å². The van der Waals surface area contributed by atoms with Crippen LogP contribution in [0.15, 0.2) is 66.7 Å². The summed E-state index contributed by atoms with van der Waals surface area (Å²) in [4.78, 5) is 25.0. The highest BCUT2D eigenvalue weighted by molar-refractivity contribution is 6.07. The van der Waals surface area contributed by atoms with Crippen molar-refractivity contribution in [2.45, 2.75) is 0 Å². The molecule has 0 aromatic heterocycles. The van der Waals surface area contributed by atoms with Crippen LogP contribution in [0, 0.1) is 0 Å². The van der Waals surface area contributed by atoms with E-state index in [1.807, 2.05) is 0 Å². The Labute approximate surface area is 192 Å². The molecule has 0 heterocycles. The van der Waals surface area contributed by atoms with Crippen LogP contribution in [0.25, 0.3) is 6.08 Å². The van der Waals surface area contributed by atoms with Gasteiger partial charge in [-0.3, -0.25) is 4.79 Å². The van der Waals surface area contributed by atoms with E-state index in [2.05, 4.69) is 0 Å². The molecule has 0 spiro atoms. The first-order valence-corrected chi connectivity index (χ1v) is 9.97. The zero-order valence-electron chi connectivity index (χ0n) is 18.8. The second kappa shape index (κ2) is 10.9. The second-order valence-electron chi connectivity index (χ2n) is 6.79. The van der Waals surface area contributed by atoms with Crippen molar-refractivity contribution in [1.82, 2.24) is 0 Å². The summed E-state index contributed by atoms with van der Waals surface area (Å²) in [5.41, 5.74) is 1.50. The average molecular weight is 448 g/mol. The minimum Gasteiger partial charge on any atom is -0.497 e. The van der Waals surface area contributed by atoms with E-state index in [0.717, 1.165) is 5.56 Å². The van der Waals surface area contributed by atoms with Crippen LogP contribution in [0.4, 0.5) is 0 Å². The molecule has 170 valence electrons. The minimum absolute atomic E-state index is 0.203. The molecule has 3 aromatic rings. The minimum atomic E-state index is -0.554. The van der Waals surface area contributed by atoms with Crippen LogP contribution in [-0.2, 0) is 0 Å². The number of carbonyl (C=O) groups excluding carboxylic acids is 2. The van der Waals surface area contributed by atoms with E-state index >= 15 is 0 Å². The van der Waals surface area contributed by atoms with Crippen molar-refractivity contribution in [3.05, 3.63) is 83.4 Å². The summed E-state index contributed by atoms with van der Waals surface area (Å²) in [5.74, 6) is 1.74. The molecule has 7 nitrogen and oxygen atoms in total. The highest BCUT2D eigenvalue weighted by Gasteiger charge is 2.13. The molecule has 0 atom stereocenters. The van der Waals surface area contributed by atoms with Crippen LogP contribution >= 0.6 is 0 Å². The summed E-state index contributed by atoms with van der Waals surface area (Å²) in [6, 6.07) is 16.4. The maximum atomic E-state index is 12.5. The summed E-state index contributed by atoms with van der Waals surface area (Å²) in [6.45, 7) is 0. The molecule has 7 heteroatoms. The normalized spacial score (nSPS) is 10.5. The van der Waals surface area contributed by atoms with Crippen molar-refractivity contribution in [3.63, 3.8) is 0 Å². The fourth-order valence-corrected chi connectivity index (χ4v) is 3.03. The second-order valence-corrected chi connectivity index (χ2v) is 6.79. The lowest BCUT2D eigenvalue weighted by Gasteiger charge is -2.09. The van der Waals surface area contributed by atoms with Gasteiger partial charge in [-0.2, -0.15) is 0 Å². The topological polar surface area (TPSA) is 80.3 Å². The molecular weight excluding hydrogens is 424 g/mol. The summed E-state index contributed by atoms with van der Waals surface area (Å²) < 4.78 is 26.3. The predicted molar refractivity (Wildman–Crippen MR) is 124 cm³/mol. The fourth-order valence-electron chi connectivity index (χ4n) is 3.03. The lowest BCUT2D eigenvalue weighted by atomic mass is 10.1.